The van der Waals surface area contributed by atoms with E-state index in [1.807, 2.05) is 4.90 Å². The second-order valence-electron chi connectivity index (χ2n) is 7.44. The van der Waals surface area contributed by atoms with E-state index >= 15 is 0 Å². The average molecular weight is 417 g/mol. The molecule has 0 spiro atoms. The van der Waals surface area contributed by atoms with Crippen molar-refractivity contribution in [3.8, 4) is 0 Å². The lowest BCUT2D eigenvalue weighted by Gasteiger charge is -2.32. The molecule has 2 aromatic rings. The molecule has 0 unspecified atom stereocenters. The molecule has 1 saturated heterocycles. The fraction of sp³-hybridized carbons (Fsp3) is 0.273. The molecule has 0 bridgehead atoms. The molecule has 7 heteroatoms. The van der Waals surface area contributed by atoms with Crippen LogP contribution in [0.3, 0.4) is 0 Å². The standard InChI is InChI=1S/C22H19ClF2N2O2/c1-13-8-10-26(11-9-13)20-19(14-2-4-15(23)5-3-14)21(28)27(22(20)29)16-6-7-17(24)18(25)12-16/h2-7,12-13H,8-11H2,1H3. The number of imide groups is 1. The number of nitrogens with zero attached hydrogens (tertiary/aromatic N) is 2. The summed E-state index contributed by atoms with van der Waals surface area (Å²) in [4.78, 5) is 29.4. The van der Waals surface area contributed by atoms with E-state index in [9.17, 15) is 18.4 Å². The van der Waals surface area contributed by atoms with E-state index in [0.29, 0.717) is 35.3 Å². The smallest absolute Gasteiger partial charge is 0.282 e. The lowest BCUT2D eigenvalue weighted by Crippen LogP contribution is -2.38. The van der Waals surface area contributed by atoms with Gasteiger partial charge in [0.15, 0.2) is 11.6 Å². The van der Waals surface area contributed by atoms with E-state index in [-0.39, 0.29) is 11.3 Å². The molecule has 29 heavy (non-hydrogen) atoms. The Bertz CT molecular complexity index is 1010. The van der Waals surface area contributed by atoms with Gasteiger partial charge >= 0.3 is 0 Å². The van der Waals surface area contributed by atoms with Crippen LogP contribution in [0.4, 0.5) is 14.5 Å². The molecule has 2 heterocycles. The summed E-state index contributed by atoms with van der Waals surface area (Å²) in [7, 11) is 0. The van der Waals surface area contributed by atoms with Gasteiger partial charge in [0.05, 0.1) is 11.3 Å². The minimum atomic E-state index is -1.11. The third-order valence-corrected chi connectivity index (χ3v) is 5.71. The number of anilines is 1. The first kappa shape index (κ1) is 19.6. The first-order valence-corrected chi connectivity index (χ1v) is 9.83. The Balaban J connectivity index is 1.81. The van der Waals surface area contributed by atoms with E-state index in [4.69, 9.17) is 11.6 Å². The Hall–Kier alpha value is -2.73. The highest BCUT2D eigenvalue weighted by Gasteiger charge is 2.43. The summed E-state index contributed by atoms with van der Waals surface area (Å²) in [6, 6.07) is 9.68. The molecular weight excluding hydrogens is 398 g/mol. The Morgan fingerprint density at radius 3 is 2.21 bits per heavy atom. The number of benzene rings is 2. The van der Waals surface area contributed by atoms with Crippen molar-refractivity contribution >= 4 is 34.7 Å². The van der Waals surface area contributed by atoms with Crippen LogP contribution in [0.5, 0.6) is 0 Å². The molecule has 2 aliphatic heterocycles. The van der Waals surface area contributed by atoms with Gasteiger partial charge < -0.3 is 4.90 Å². The maximum Gasteiger partial charge on any atom is 0.282 e. The van der Waals surface area contributed by atoms with Gasteiger partial charge in [0.1, 0.15) is 5.70 Å². The molecule has 4 nitrogen and oxygen atoms in total. The quantitative estimate of drug-likeness (QED) is 0.685. The summed E-state index contributed by atoms with van der Waals surface area (Å²) in [6.45, 7) is 3.46. The van der Waals surface area contributed by atoms with Crippen LogP contribution in [0, 0.1) is 17.6 Å². The van der Waals surface area contributed by atoms with Crippen molar-refractivity contribution in [1.29, 1.82) is 0 Å². The zero-order valence-electron chi connectivity index (χ0n) is 15.8. The highest BCUT2D eigenvalue weighted by atomic mass is 35.5. The summed E-state index contributed by atoms with van der Waals surface area (Å²) in [5, 5.41) is 0.511. The van der Waals surface area contributed by atoms with Gasteiger partial charge in [-0.1, -0.05) is 30.7 Å². The van der Waals surface area contributed by atoms with Crippen LogP contribution in [0.15, 0.2) is 48.2 Å². The summed E-state index contributed by atoms with van der Waals surface area (Å²) in [5.41, 5.74) is 1.12. The predicted octanol–water partition coefficient (Wildman–Crippen LogP) is 4.63. The van der Waals surface area contributed by atoms with Crippen LogP contribution in [0.1, 0.15) is 25.3 Å². The minimum Gasteiger partial charge on any atom is -0.366 e. The van der Waals surface area contributed by atoms with Crippen LogP contribution in [-0.2, 0) is 9.59 Å². The van der Waals surface area contributed by atoms with Gasteiger partial charge in [-0.3, -0.25) is 9.59 Å². The van der Waals surface area contributed by atoms with Gasteiger partial charge in [-0.25, -0.2) is 13.7 Å². The van der Waals surface area contributed by atoms with E-state index in [2.05, 4.69) is 6.92 Å². The molecule has 2 amide bonds. The summed E-state index contributed by atoms with van der Waals surface area (Å²) >= 11 is 5.98. The van der Waals surface area contributed by atoms with E-state index in [0.717, 1.165) is 29.9 Å². The van der Waals surface area contributed by atoms with Crippen molar-refractivity contribution in [2.75, 3.05) is 18.0 Å². The molecule has 4 rings (SSSR count). The Morgan fingerprint density at radius 1 is 0.931 bits per heavy atom. The molecule has 0 aliphatic carbocycles. The first-order chi connectivity index (χ1) is 13.9. The van der Waals surface area contributed by atoms with E-state index < -0.39 is 23.4 Å². The van der Waals surface area contributed by atoms with Crippen molar-refractivity contribution in [3.63, 3.8) is 0 Å². The van der Waals surface area contributed by atoms with Crippen molar-refractivity contribution in [2.45, 2.75) is 19.8 Å². The highest BCUT2D eigenvalue weighted by molar-refractivity contribution is 6.45. The lowest BCUT2D eigenvalue weighted by atomic mass is 9.97. The summed E-state index contributed by atoms with van der Waals surface area (Å²) in [6.07, 6.45) is 1.81. The molecule has 1 fully saturated rings. The topological polar surface area (TPSA) is 40.6 Å². The van der Waals surface area contributed by atoms with Crippen LogP contribution >= 0.6 is 11.6 Å². The summed E-state index contributed by atoms with van der Waals surface area (Å²) in [5.74, 6) is -2.70. The van der Waals surface area contributed by atoms with Crippen LogP contribution in [0.2, 0.25) is 5.02 Å². The third kappa shape index (κ3) is 3.53. The highest BCUT2D eigenvalue weighted by Crippen LogP contribution is 2.37. The van der Waals surface area contributed by atoms with Crippen LogP contribution in [-0.4, -0.2) is 29.8 Å². The molecule has 150 valence electrons. The fourth-order valence-electron chi connectivity index (χ4n) is 3.78. The lowest BCUT2D eigenvalue weighted by molar-refractivity contribution is -0.120. The third-order valence-electron chi connectivity index (χ3n) is 5.45. The first-order valence-electron chi connectivity index (χ1n) is 9.46. The number of piperidine rings is 1. The van der Waals surface area contributed by atoms with Crippen molar-refractivity contribution in [2.24, 2.45) is 5.92 Å². The van der Waals surface area contributed by atoms with Crippen molar-refractivity contribution in [1.82, 2.24) is 4.90 Å². The van der Waals surface area contributed by atoms with Gasteiger partial charge in [-0.15, -0.1) is 0 Å². The number of halogens is 3. The average Bonchev–Trinajstić information content (AvgIpc) is 2.96. The molecule has 0 atom stereocenters. The summed E-state index contributed by atoms with van der Waals surface area (Å²) < 4.78 is 27.2. The van der Waals surface area contributed by atoms with Gasteiger partial charge in [-0.05, 0) is 48.6 Å². The van der Waals surface area contributed by atoms with Crippen LogP contribution in [0.25, 0.3) is 5.57 Å². The second-order valence-corrected chi connectivity index (χ2v) is 7.88. The van der Waals surface area contributed by atoms with Gasteiger partial charge in [-0.2, -0.15) is 0 Å². The molecule has 0 aromatic heterocycles. The molecule has 0 radical (unpaired) electrons. The molecule has 0 N–H and O–H groups in total. The second kappa shape index (κ2) is 7.59. The zero-order valence-corrected chi connectivity index (χ0v) is 16.5. The maximum absolute atomic E-state index is 13.8. The molecule has 2 aromatic carbocycles. The monoisotopic (exact) mass is 416 g/mol. The SMILES string of the molecule is CC1CCN(C2=C(c3ccc(Cl)cc3)C(=O)N(c3ccc(F)c(F)c3)C2=O)CC1. The number of amides is 2. The maximum atomic E-state index is 13.8. The number of hydrogen-bond donors (Lipinski definition) is 0. The Morgan fingerprint density at radius 2 is 1.59 bits per heavy atom. The molecular formula is C22H19ClF2N2O2. The Kier molecular flexibility index (Phi) is 5.13. The van der Waals surface area contributed by atoms with E-state index in [1.54, 1.807) is 24.3 Å². The largest absolute Gasteiger partial charge is 0.366 e. The van der Waals surface area contributed by atoms with Crippen molar-refractivity contribution in [3.05, 3.63) is 70.4 Å². The number of carbonyl (C=O) groups excluding carboxylic acids is 2. The number of carbonyl (C=O) groups is 2. The minimum absolute atomic E-state index is 0.00532. The predicted molar refractivity (Wildman–Crippen MR) is 107 cm³/mol. The van der Waals surface area contributed by atoms with Crippen molar-refractivity contribution < 1.29 is 18.4 Å². The van der Waals surface area contributed by atoms with Gasteiger partial charge in [0, 0.05) is 24.2 Å². The molecule has 2 aliphatic rings. The number of hydrogen-bond acceptors (Lipinski definition) is 3. The molecule has 0 saturated carbocycles. The van der Waals surface area contributed by atoms with Gasteiger partial charge in [0.25, 0.3) is 11.8 Å². The fourth-order valence-corrected chi connectivity index (χ4v) is 3.91. The van der Waals surface area contributed by atoms with Gasteiger partial charge in [0.2, 0.25) is 0 Å². The van der Waals surface area contributed by atoms with E-state index in [1.165, 1.54) is 6.07 Å². The normalized spacial score (nSPS) is 18.2. The zero-order chi connectivity index (χ0) is 20.7. The van der Waals surface area contributed by atoms with Crippen LogP contribution < -0.4 is 4.90 Å². The number of likely N-dealkylation sites (tertiary alicyclic amines) is 1. The Labute approximate surface area is 172 Å². The number of rotatable bonds is 3.